The first-order valence-corrected chi connectivity index (χ1v) is 7.64. The van der Waals surface area contributed by atoms with Crippen LogP contribution in [0.15, 0.2) is 16.6 Å². The van der Waals surface area contributed by atoms with Gasteiger partial charge in [-0.05, 0) is 59.7 Å². The van der Waals surface area contributed by atoms with Gasteiger partial charge in [0.1, 0.15) is 0 Å². The SMILES string of the molecule is NNC(CCCC1CCCO1)c1ccc(F)c(F)c1Br. The summed E-state index contributed by atoms with van der Waals surface area (Å²) in [7, 11) is 0. The molecule has 1 aliphatic rings. The molecule has 0 aromatic heterocycles. The van der Waals surface area contributed by atoms with Gasteiger partial charge in [0.05, 0.1) is 10.6 Å². The molecule has 1 aliphatic heterocycles. The standard InChI is InChI=1S/C14H19BrF2N2O/c15-13-10(6-7-11(16)14(13)17)12(19-18)5-1-3-9-4-2-8-20-9/h6-7,9,12,19H,1-5,8,18H2. The quantitative estimate of drug-likeness (QED) is 0.469. The van der Waals surface area contributed by atoms with Crippen LogP contribution in [0.1, 0.15) is 43.7 Å². The molecule has 2 unspecified atom stereocenters. The van der Waals surface area contributed by atoms with E-state index in [1.807, 2.05) is 0 Å². The zero-order valence-corrected chi connectivity index (χ0v) is 12.8. The molecule has 0 amide bonds. The Kier molecular flexibility index (Phi) is 5.89. The Morgan fingerprint density at radius 3 is 2.90 bits per heavy atom. The predicted octanol–water partition coefficient (Wildman–Crippen LogP) is 3.58. The second-order valence-electron chi connectivity index (χ2n) is 5.05. The minimum Gasteiger partial charge on any atom is -0.378 e. The largest absolute Gasteiger partial charge is 0.378 e. The second-order valence-corrected chi connectivity index (χ2v) is 5.84. The average Bonchev–Trinajstić information content (AvgIpc) is 2.95. The lowest BCUT2D eigenvalue weighted by molar-refractivity contribution is 0.101. The van der Waals surface area contributed by atoms with Crippen LogP contribution in [0.4, 0.5) is 8.78 Å². The summed E-state index contributed by atoms with van der Waals surface area (Å²) < 4.78 is 32.4. The number of rotatable bonds is 6. The van der Waals surface area contributed by atoms with E-state index in [-0.39, 0.29) is 10.5 Å². The maximum Gasteiger partial charge on any atom is 0.173 e. The van der Waals surface area contributed by atoms with Gasteiger partial charge < -0.3 is 4.74 Å². The van der Waals surface area contributed by atoms with E-state index >= 15 is 0 Å². The van der Waals surface area contributed by atoms with Crippen LogP contribution in [0, 0.1) is 11.6 Å². The Bertz CT molecular complexity index is 453. The highest BCUT2D eigenvalue weighted by Gasteiger charge is 2.20. The Balaban J connectivity index is 1.95. The van der Waals surface area contributed by atoms with E-state index in [2.05, 4.69) is 21.4 Å². The lowest BCUT2D eigenvalue weighted by atomic mass is 9.99. The minimum absolute atomic E-state index is 0.137. The van der Waals surface area contributed by atoms with Gasteiger partial charge in [0.25, 0.3) is 0 Å². The summed E-state index contributed by atoms with van der Waals surface area (Å²) in [5, 5.41) is 0. The number of hydrogen-bond donors (Lipinski definition) is 2. The third-order valence-electron chi connectivity index (χ3n) is 3.68. The summed E-state index contributed by atoms with van der Waals surface area (Å²) in [6, 6.07) is 2.47. The highest BCUT2D eigenvalue weighted by Crippen LogP contribution is 2.30. The molecular formula is C14H19BrF2N2O. The molecule has 6 heteroatoms. The van der Waals surface area contributed by atoms with Crippen LogP contribution in [0.25, 0.3) is 0 Å². The molecule has 1 aromatic carbocycles. The number of benzene rings is 1. The highest BCUT2D eigenvalue weighted by molar-refractivity contribution is 9.10. The maximum atomic E-state index is 13.5. The van der Waals surface area contributed by atoms with Crippen molar-refractivity contribution in [2.45, 2.75) is 44.2 Å². The topological polar surface area (TPSA) is 47.3 Å². The summed E-state index contributed by atoms with van der Waals surface area (Å²) in [6.07, 6.45) is 5.21. The Morgan fingerprint density at radius 2 is 2.25 bits per heavy atom. The van der Waals surface area contributed by atoms with Crippen LogP contribution in [0.5, 0.6) is 0 Å². The third kappa shape index (κ3) is 3.75. The zero-order chi connectivity index (χ0) is 14.5. The molecule has 112 valence electrons. The lowest BCUT2D eigenvalue weighted by Crippen LogP contribution is -2.28. The molecule has 2 rings (SSSR count). The zero-order valence-electron chi connectivity index (χ0n) is 11.2. The van der Waals surface area contributed by atoms with Gasteiger partial charge in [-0.15, -0.1) is 0 Å². The van der Waals surface area contributed by atoms with Gasteiger partial charge in [0.15, 0.2) is 11.6 Å². The van der Waals surface area contributed by atoms with E-state index in [4.69, 9.17) is 10.6 Å². The van der Waals surface area contributed by atoms with Gasteiger partial charge in [-0.25, -0.2) is 8.78 Å². The van der Waals surface area contributed by atoms with Crippen LogP contribution >= 0.6 is 15.9 Å². The van der Waals surface area contributed by atoms with Crippen molar-refractivity contribution in [3.8, 4) is 0 Å². The van der Waals surface area contributed by atoms with Crippen LogP contribution in [0.2, 0.25) is 0 Å². The molecule has 0 spiro atoms. The summed E-state index contributed by atoms with van der Waals surface area (Å²) in [6.45, 7) is 0.845. The molecule has 0 radical (unpaired) electrons. The summed E-state index contributed by atoms with van der Waals surface area (Å²) in [5.74, 6) is 3.80. The van der Waals surface area contributed by atoms with Crippen molar-refractivity contribution in [1.82, 2.24) is 5.43 Å². The van der Waals surface area contributed by atoms with Gasteiger partial charge in [-0.3, -0.25) is 11.3 Å². The molecule has 20 heavy (non-hydrogen) atoms. The summed E-state index contributed by atoms with van der Waals surface area (Å²) >= 11 is 3.10. The van der Waals surface area contributed by atoms with Crippen LogP contribution in [-0.2, 0) is 4.74 Å². The monoisotopic (exact) mass is 348 g/mol. The lowest BCUT2D eigenvalue weighted by Gasteiger charge is -2.19. The molecule has 3 nitrogen and oxygen atoms in total. The molecule has 1 heterocycles. The summed E-state index contributed by atoms with van der Waals surface area (Å²) in [4.78, 5) is 0. The van der Waals surface area contributed by atoms with Gasteiger partial charge in [0, 0.05) is 12.6 Å². The Labute approximate surface area is 126 Å². The first kappa shape index (κ1) is 15.8. The van der Waals surface area contributed by atoms with E-state index in [9.17, 15) is 8.78 Å². The molecule has 0 aliphatic carbocycles. The van der Waals surface area contributed by atoms with Crippen LogP contribution in [0.3, 0.4) is 0 Å². The van der Waals surface area contributed by atoms with E-state index in [1.165, 1.54) is 0 Å². The molecule has 1 saturated heterocycles. The van der Waals surface area contributed by atoms with Crippen molar-refractivity contribution in [2.75, 3.05) is 6.61 Å². The fourth-order valence-corrected chi connectivity index (χ4v) is 3.16. The maximum absolute atomic E-state index is 13.5. The van der Waals surface area contributed by atoms with Crippen molar-refractivity contribution in [2.24, 2.45) is 5.84 Å². The van der Waals surface area contributed by atoms with Gasteiger partial charge >= 0.3 is 0 Å². The fourth-order valence-electron chi connectivity index (χ4n) is 2.56. The number of hydrogen-bond acceptors (Lipinski definition) is 3. The molecule has 1 fully saturated rings. The van der Waals surface area contributed by atoms with Crippen molar-refractivity contribution in [1.29, 1.82) is 0 Å². The van der Waals surface area contributed by atoms with Crippen molar-refractivity contribution < 1.29 is 13.5 Å². The van der Waals surface area contributed by atoms with E-state index in [0.717, 1.165) is 44.8 Å². The van der Waals surface area contributed by atoms with Gasteiger partial charge in [-0.1, -0.05) is 6.07 Å². The molecular weight excluding hydrogens is 330 g/mol. The number of halogens is 3. The molecule has 0 bridgehead atoms. The smallest absolute Gasteiger partial charge is 0.173 e. The van der Waals surface area contributed by atoms with Gasteiger partial charge in [0.2, 0.25) is 0 Å². The number of ether oxygens (including phenoxy) is 1. The highest BCUT2D eigenvalue weighted by atomic mass is 79.9. The minimum atomic E-state index is -0.873. The van der Waals surface area contributed by atoms with E-state index in [1.54, 1.807) is 6.07 Å². The predicted molar refractivity (Wildman–Crippen MR) is 76.9 cm³/mol. The van der Waals surface area contributed by atoms with Gasteiger partial charge in [-0.2, -0.15) is 0 Å². The average molecular weight is 349 g/mol. The van der Waals surface area contributed by atoms with Crippen LogP contribution in [-0.4, -0.2) is 12.7 Å². The third-order valence-corrected chi connectivity index (χ3v) is 4.49. The first-order valence-electron chi connectivity index (χ1n) is 6.84. The van der Waals surface area contributed by atoms with Crippen molar-refractivity contribution in [3.63, 3.8) is 0 Å². The molecule has 0 saturated carbocycles. The summed E-state index contributed by atoms with van der Waals surface area (Å²) in [5.41, 5.74) is 3.31. The Hall–Kier alpha value is -0.560. The molecule has 3 N–H and O–H groups in total. The fraction of sp³-hybridized carbons (Fsp3) is 0.571. The normalized spacial score (nSPS) is 20.3. The number of nitrogens with two attached hydrogens (primary N) is 1. The Morgan fingerprint density at radius 1 is 1.45 bits per heavy atom. The van der Waals surface area contributed by atoms with E-state index < -0.39 is 11.6 Å². The van der Waals surface area contributed by atoms with Crippen LogP contribution < -0.4 is 11.3 Å². The first-order chi connectivity index (χ1) is 9.63. The van der Waals surface area contributed by atoms with E-state index in [0.29, 0.717) is 11.7 Å². The van der Waals surface area contributed by atoms with Crippen molar-refractivity contribution in [3.05, 3.63) is 33.8 Å². The van der Waals surface area contributed by atoms with Crippen molar-refractivity contribution >= 4 is 15.9 Å². The molecule has 2 atom stereocenters. The number of hydrazine groups is 1. The number of nitrogens with one attached hydrogen (secondary N) is 1. The second kappa shape index (κ2) is 7.45. The molecule has 1 aromatic rings.